The zero-order chi connectivity index (χ0) is 15.4. The van der Waals surface area contributed by atoms with Gasteiger partial charge in [0.15, 0.2) is 0 Å². The summed E-state index contributed by atoms with van der Waals surface area (Å²) in [6, 6.07) is 11.5. The second-order valence-electron chi connectivity index (χ2n) is 4.15. The van der Waals surface area contributed by atoms with Gasteiger partial charge in [0.1, 0.15) is 0 Å². The number of carbonyl (C=O) groups excluding carboxylic acids is 2. The summed E-state index contributed by atoms with van der Waals surface area (Å²) in [4.78, 5) is 23.9. The van der Waals surface area contributed by atoms with Gasteiger partial charge in [-0.15, -0.1) is 0 Å². The van der Waals surface area contributed by atoms with Crippen LogP contribution in [-0.4, -0.2) is 19.0 Å². The van der Waals surface area contributed by atoms with E-state index in [0.29, 0.717) is 16.3 Å². The highest BCUT2D eigenvalue weighted by Crippen LogP contribution is 2.23. The molecule has 0 atom stereocenters. The Morgan fingerprint density at radius 1 is 1.19 bits per heavy atom. The molecule has 1 amide bonds. The van der Waals surface area contributed by atoms with Crippen molar-refractivity contribution in [2.24, 2.45) is 0 Å². The summed E-state index contributed by atoms with van der Waals surface area (Å²) in [5.41, 5.74) is 1.00. The number of amides is 1. The molecule has 0 aromatic heterocycles. The molecule has 2 aromatic rings. The van der Waals surface area contributed by atoms with Crippen LogP contribution in [0.25, 0.3) is 0 Å². The van der Waals surface area contributed by atoms with E-state index in [0.717, 1.165) is 4.47 Å². The second-order valence-corrected chi connectivity index (χ2v) is 5.50. The summed E-state index contributed by atoms with van der Waals surface area (Å²) in [5, 5.41) is 3.07. The number of nitrogens with one attached hydrogen (secondary N) is 1. The van der Waals surface area contributed by atoms with E-state index >= 15 is 0 Å². The molecule has 21 heavy (non-hydrogen) atoms. The minimum Gasteiger partial charge on any atom is -0.465 e. The highest BCUT2D eigenvalue weighted by Gasteiger charge is 2.15. The Morgan fingerprint density at radius 3 is 2.62 bits per heavy atom. The third-order valence-corrected chi connectivity index (χ3v) is 3.45. The average Bonchev–Trinajstić information content (AvgIpc) is 2.46. The van der Waals surface area contributed by atoms with Crippen LogP contribution in [0.4, 0.5) is 5.69 Å². The summed E-state index contributed by atoms with van der Waals surface area (Å²) >= 11 is 9.21. The molecule has 108 valence electrons. The van der Waals surface area contributed by atoms with Gasteiger partial charge in [-0.2, -0.15) is 0 Å². The summed E-state index contributed by atoms with van der Waals surface area (Å²) in [5.74, 6) is -0.889. The molecule has 6 heteroatoms. The van der Waals surface area contributed by atoms with Crippen molar-refractivity contribution in [3.05, 3.63) is 63.1 Å². The molecule has 2 rings (SSSR count). The van der Waals surface area contributed by atoms with Crippen molar-refractivity contribution in [1.82, 2.24) is 0 Å². The number of benzene rings is 2. The van der Waals surface area contributed by atoms with Gasteiger partial charge >= 0.3 is 5.97 Å². The fraction of sp³-hybridized carbons (Fsp3) is 0.0667. The Bertz CT molecular complexity index is 703. The number of hydrogen-bond donors (Lipinski definition) is 1. The largest absolute Gasteiger partial charge is 0.465 e. The van der Waals surface area contributed by atoms with Gasteiger partial charge in [0.25, 0.3) is 5.91 Å². The molecule has 0 aliphatic carbocycles. The molecule has 0 saturated heterocycles. The number of carbonyl (C=O) groups is 2. The number of ether oxygens (including phenoxy) is 1. The number of anilines is 1. The molecule has 0 unspecified atom stereocenters. The topological polar surface area (TPSA) is 55.4 Å². The van der Waals surface area contributed by atoms with E-state index < -0.39 is 5.97 Å². The van der Waals surface area contributed by atoms with Crippen molar-refractivity contribution in [2.75, 3.05) is 12.4 Å². The van der Waals surface area contributed by atoms with Gasteiger partial charge in [-0.25, -0.2) is 4.79 Å². The lowest BCUT2D eigenvalue weighted by Gasteiger charge is -2.10. The molecule has 0 aliphatic rings. The Hall–Kier alpha value is -1.85. The van der Waals surface area contributed by atoms with Gasteiger partial charge < -0.3 is 10.1 Å². The lowest BCUT2D eigenvalue weighted by atomic mass is 10.1. The molecule has 0 saturated carbocycles. The maximum absolute atomic E-state index is 12.2. The third-order valence-electron chi connectivity index (χ3n) is 2.72. The first kappa shape index (κ1) is 15.5. The van der Waals surface area contributed by atoms with Crippen molar-refractivity contribution in [2.45, 2.75) is 0 Å². The van der Waals surface area contributed by atoms with E-state index in [1.165, 1.54) is 19.2 Å². The predicted molar refractivity (Wildman–Crippen MR) is 84.9 cm³/mol. The van der Waals surface area contributed by atoms with Gasteiger partial charge in [0, 0.05) is 15.1 Å². The van der Waals surface area contributed by atoms with E-state index in [4.69, 9.17) is 11.6 Å². The van der Waals surface area contributed by atoms with Gasteiger partial charge in [-0.05, 0) is 36.4 Å². The van der Waals surface area contributed by atoms with Crippen molar-refractivity contribution >= 4 is 45.1 Å². The molecule has 2 aromatic carbocycles. The lowest BCUT2D eigenvalue weighted by molar-refractivity contribution is 0.0602. The van der Waals surface area contributed by atoms with Crippen LogP contribution in [0.15, 0.2) is 46.9 Å². The number of halogens is 2. The molecule has 1 N–H and O–H groups in total. The van der Waals surface area contributed by atoms with Gasteiger partial charge in [0.2, 0.25) is 0 Å². The molecular formula is C15H11BrClNO3. The Labute approximate surface area is 135 Å². The summed E-state index contributed by atoms with van der Waals surface area (Å²) in [6.45, 7) is 0. The van der Waals surface area contributed by atoms with Crippen LogP contribution in [0.5, 0.6) is 0 Å². The van der Waals surface area contributed by atoms with Crippen LogP contribution < -0.4 is 5.32 Å². The van der Waals surface area contributed by atoms with Crippen LogP contribution in [0.1, 0.15) is 20.7 Å². The molecule has 0 fully saturated rings. The number of rotatable bonds is 3. The fourth-order valence-electron chi connectivity index (χ4n) is 1.73. The third kappa shape index (κ3) is 3.83. The van der Waals surface area contributed by atoms with Crippen molar-refractivity contribution in [3.8, 4) is 0 Å². The molecule has 0 heterocycles. The van der Waals surface area contributed by atoms with Gasteiger partial charge in [0.05, 0.1) is 18.4 Å². The SMILES string of the molecule is COC(=O)c1ccc(Cl)cc1NC(=O)c1cccc(Br)c1. The lowest BCUT2D eigenvalue weighted by Crippen LogP contribution is -2.15. The summed E-state index contributed by atoms with van der Waals surface area (Å²) in [6.07, 6.45) is 0. The monoisotopic (exact) mass is 367 g/mol. The van der Waals surface area contributed by atoms with Crippen LogP contribution in [0.3, 0.4) is 0 Å². The minimum absolute atomic E-state index is 0.241. The first-order chi connectivity index (χ1) is 10.0. The molecular weight excluding hydrogens is 358 g/mol. The normalized spacial score (nSPS) is 10.0. The summed E-state index contributed by atoms with van der Waals surface area (Å²) in [7, 11) is 1.27. The maximum atomic E-state index is 12.2. The average molecular weight is 369 g/mol. The van der Waals surface area contributed by atoms with Crippen molar-refractivity contribution in [3.63, 3.8) is 0 Å². The smallest absolute Gasteiger partial charge is 0.339 e. The van der Waals surface area contributed by atoms with Crippen LogP contribution >= 0.6 is 27.5 Å². The minimum atomic E-state index is -0.545. The van der Waals surface area contributed by atoms with E-state index in [1.54, 1.807) is 24.3 Å². The molecule has 4 nitrogen and oxygen atoms in total. The second kappa shape index (κ2) is 6.74. The molecule has 0 spiro atoms. The highest BCUT2D eigenvalue weighted by molar-refractivity contribution is 9.10. The first-order valence-electron chi connectivity index (χ1n) is 5.96. The van der Waals surface area contributed by atoms with E-state index in [2.05, 4.69) is 26.0 Å². The molecule has 0 radical (unpaired) electrons. The Balaban J connectivity index is 2.32. The van der Waals surface area contributed by atoms with Crippen LogP contribution in [-0.2, 0) is 4.74 Å². The van der Waals surface area contributed by atoms with Crippen molar-refractivity contribution in [1.29, 1.82) is 0 Å². The zero-order valence-electron chi connectivity index (χ0n) is 11.0. The standard InChI is InChI=1S/C15H11BrClNO3/c1-21-15(20)12-6-5-11(17)8-13(12)18-14(19)9-3-2-4-10(16)7-9/h2-8H,1H3,(H,18,19). The highest BCUT2D eigenvalue weighted by atomic mass is 79.9. The van der Waals surface area contributed by atoms with Crippen molar-refractivity contribution < 1.29 is 14.3 Å². The maximum Gasteiger partial charge on any atom is 0.339 e. The zero-order valence-corrected chi connectivity index (χ0v) is 13.4. The van der Waals surface area contributed by atoms with E-state index in [9.17, 15) is 9.59 Å². The number of esters is 1. The predicted octanol–water partition coefficient (Wildman–Crippen LogP) is 4.14. The summed E-state index contributed by atoms with van der Waals surface area (Å²) < 4.78 is 5.47. The number of hydrogen-bond acceptors (Lipinski definition) is 3. The number of methoxy groups -OCH3 is 1. The van der Waals surface area contributed by atoms with Crippen LogP contribution in [0, 0.1) is 0 Å². The van der Waals surface area contributed by atoms with Gasteiger partial charge in [-0.1, -0.05) is 33.6 Å². The fourth-order valence-corrected chi connectivity index (χ4v) is 2.30. The van der Waals surface area contributed by atoms with E-state index in [-0.39, 0.29) is 11.5 Å². The van der Waals surface area contributed by atoms with Gasteiger partial charge in [-0.3, -0.25) is 4.79 Å². The quantitative estimate of drug-likeness (QED) is 0.828. The molecule has 0 aliphatic heterocycles. The Morgan fingerprint density at radius 2 is 1.95 bits per heavy atom. The first-order valence-corrected chi connectivity index (χ1v) is 7.13. The Kier molecular flexibility index (Phi) is 4.98. The molecule has 0 bridgehead atoms. The van der Waals surface area contributed by atoms with E-state index in [1.807, 2.05) is 6.07 Å². The van der Waals surface area contributed by atoms with Crippen LogP contribution in [0.2, 0.25) is 5.02 Å².